The van der Waals surface area contributed by atoms with E-state index in [0.29, 0.717) is 22.3 Å². The number of nitrogens with two attached hydrogens (primary N) is 1. The monoisotopic (exact) mass is 253 g/mol. The maximum Gasteiger partial charge on any atom is 0.282 e. The lowest BCUT2D eigenvalue weighted by molar-refractivity contribution is 0.797. The van der Waals surface area contributed by atoms with Crippen molar-refractivity contribution in [3.8, 4) is 5.69 Å². The molecule has 0 atom stereocenters. The number of nitrogen functional groups attached to an aromatic ring is 1. The molecule has 0 fully saturated rings. The quantitative estimate of drug-likeness (QED) is 0.700. The molecule has 0 amide bonds. The molecule has 0 aliphatic carbocycles. The lowest BCUT2D eigenvalue weighted by atomic mass is 10.2. The number of anilines is 1. The van der Waals surface area contributed by atoms with Crippen LogP contribution in [0.4, 0.5) is 5.95 Å². The fourth-order valence-corrected chi connectivity index (χ4v) is 1.93. The van der Waals surface area contributed by atoms with Gasteiger partial charge in [-0.3, -0.25) is 4.79 Å². The number of hydrogen-bond acceptors (Lipinski definition) is 5. The number of benzene rings is 1. The van der Waals surface area contributed by atoms with Crippen LogP contribution >= 0.6 is 0 Å². The molecule has 0 spiro atoms. The van der Waals surface area contributed by atoms with E-state index < -0.39 is 0 Å². The second-order valence-electron chi connectivity index (χ2n) is 4.13. The zero-order valence-electron chi connectivity index (χ0n) is 10.2. The van der Waals surface area contributed by atoms with E-state index in [-0.39, 0.29) is 11.5 Å². The van der Waals surface area contributed by atoms with E-state index >= 15 is 0 Å². The molecule has 3 rings (SSSR count). The van der Waals surface area contributed by atoms with Gasteiger partial charge in [0.2, 0.25) is 5.95 Å². The van der Waals surface area contributed by atoms with Crippen molar-refractivity contribution >= 4 is 16.9 Å². The van der Waals surface area contributed by atoms with E-state index in [9.17, 15) is 4.79 Å². The summed E-state index contributed by atoms with van der Waals surface area (Å²) < 4.78 is 1.34. The van der Waals surface area contributed by atoms with Gasteiger partial charge in [0.15, 0.2) is 0 Å². The van der Waals surface area contributed by atoms with Crippen LogP contribution in [-0.4, -0.2) is 19.7 Å². The van der Waals surface area contributed by atoms with E-state index in [1.165, 1.54) is 10.9 Å². The number of rotatable bonds is 1. The van der Waals surface area contributed by atoms with Crippen LogP contribution in [0.2, 0.25) is 0 Å². The average molecular weight is 253 g/mol. The minimum atomic E-state index is -0.258. The molecule has 94 valence electrons. The topological polar surface area (TPSA) is 86.7 Å². The molecule has 0 radical (unpaired) electrons. The van der Waals surface area contributed by atoms with Gasteiger partial charge in [0, 0.05) is 6.20 Å². The molecular weight excluding hydrogens is 242 g/mol. The van der Waals surface area contributed by atoms with Gasteiger partial charge in [-0.2, -0.15) is 9.78 Å². The van der Waals surface area contributed by atoms with Crippen LogP contribution in [0, 0.1) is 6.92 Å². The maximum absolute atomic E-state index is 12.4. The molecule has 0 saturated heterocycles. The summed E-state index contributed by atoms with van der Waals surface area (Å²) in [5.74, 6) is 0.134. The second-order valence-corrected chi connectivity index (χ2v) is 4.13. The lowest BCUT2D eigenvalue weighted by Crippen LogP contribution is -2.23. The molecule has 2 N–H and O–H groups in total. The second kappa shape index (κ2) is 4.16. The fraction of sp³-hybridized carbons (Fsp3) is 0.0769. The molecule has 0 saturated carbocycles. The molecule has 6 nitrogen and oxygen atoms in total. The molecule has 0 unspecified atom stereocenters. The van der Waals surface area contributed by atoms with Gasteiger partial charge in [-0.1, -0.05) is 18.2 Å². The largest absolute Gasteiger partial charge is 0.368 e. The van der Waals surface area contributed by atoms with Gasteiger partial charge in [-0.25, -0.2) is 9.97 Å². The predicted molar refractivity (Wildman–Crippen MR) is 72.1 cm³/mol. The Balaban J connectivity index is 2.38. The van der Waals surface area contributed by atoms with Crippen LogP contribution in [0.25, 0.3) is 16.6 Å². The van der Waals surface area contributed by atoms with Gasteiger partial charge in [-0.05, 0) is 19.1 Å². The van der Waals surface area contributed by atoms with E-state index in [2.05, 4.69) is 15.1 Å². The van der Waals surface area contributed by atoms with Gasteiger partial charge in [-0.15, -0.1) is 0 Å². The Morgan fingerprint density at radius 3 is 2.68 bits per heavy atom. The average Bonchev–Trinajstić information content (AvgIpc) is 2.43. The Hall–Kier alpha value is -2.76. The van der Waals surface area contributed by atoms with Crippen LogP contribution in [0.3, 0.4) is 0 Å². The first-order valence-electron chi connectivity index (χ1n) is 5.74. The summed E-state index contributed by atoms with van der Waals surface area (Å²) in [5.41, 5.74) is 7.10. The third kappa shape index (κ3) is 1.83. The summed E-state index contributed by atoms with van der Waals surface area (Å²) in [5, 5.41) is 4.68. The highest BCUT2D eigenvalue weighted by Gasteiger charge is 2.11. The van der Waals surface area contributed by atoms with Crippen LogP contribution in [-0.2, 0) is 0 Å². The molecule has 2 aromatic heterocycles. The predicted octanol–water partition coefficient (Wildman–Crippen LogP) is 1.07. The fourth-order valence-electron chi connectivity index (χ4n) is 1.93. The molecule has 0 aliphatic rings. The minimum Gasteiger partial charge on any atom is -0.368 e. The highest BCUT2D eigenvalue weighted by atomic mass is 16.1. The molecule has 0 aliphatic heterocycles. The Kier molecular flexibility index (Phi) is 2.49. The number of aromatic nitrogens is 4. The molecule has 3 aromatic rings. The van der Waals surface area contributed by atoms with Gasteiger partial charge in [0.1, 0.15) is 5.52 Å². The van der Waals surface area contributed by atoms with Crippen LogP contribution in [0.15, 0.2) is 41.3 Å². The first kappa shape index (κ1) is 11.3. The molecule has 2 heterocycles. The van der Waals surface area contributed by atoms with E-state index in [1.54, 1.807) is 6.92 Å². The summed E-state index contributed by atoms with van der Waals surface area (Å²) in [6.45, 7) is 1.79. The third-order valence-corrected chi connectivity index (χ3v) is 2.82. The first-order chi connectivity index (χ1) is 9.16. The van der Waals surface area contributed by atoms with Crippen molar-refractivity contribution in [1.29, 1.82) is 0 Å². The van der Waals surface area contributed by atoms with E-state index in [1.807, 2.05) is 30.3 Å². The van der Waals surface area contributed by atoms with Crippen molar-refractivity contribution in [3.05, 3.63) is 52.6 Å². The number of para-hydroxylation sites is 1. The standard InChI is InChI=1S/C13H11N5O/c1-8-11-10(7-15-13(14)16-11)12(19)18(17-8)9-5-3-2-4-6-9/h2-7H,1H3,(H2,14,15,16). The van der Waals surface area contributed by atoms with Crippen LogP contribution in [0.5, 0.6) is 0 Å². The summed E-state index contributed by atoms with van der Waals surface area (Å²) in [7, 11) is 0. The Labute approximate surface area is 108 Å². The first-order valence-corrected chi connectivity index (χ1v) is 5.74. The molecule has 6 heteroatoms. The molecule has 0 bridgehead atoms. The number of fused-ring (bicyclic) bond motifs is 1. The minimum absolute atomic E-state index is 0.134. The third-order valence-electron chi connectivity index (χ3n) is 2.82. The Morgan fingerprint density at radius 1 is 1.21 bits per heavy atom. The molecule has 19 heavy (non-hydrogen) atoms. The smallest absolute Gasteiger partial charge is 0.282 e. The highest BCUT2D eigenvalue weighted by molar-refractivity contribution is 5.79. The maximum atomic E-state index is 12.4. The number of hydrogen-bond donors (Lipinski definition) is 1. The molecule has 1 aromatic carbocycles. The van der Waals surface area contributed by atoms with Crippen molar-refractivity contribution in [1.82, 2.24) is 19.7 Å². The summed E-state index contributed by atoms with van der Waals surface area (Å²) in [4.78, 5) is 20.3. The van der Waals surface area contributed by atoms with Crippen LogP contribution < -0.4 is 11.3 Å². The van der Waals surface area contributed by atoms with Gasteiger partial charge in [0.25, 0.3) is 5.56 Å². The zero-order chi connectivity index (χ0) is 13.4. The summed E-state index contributed by atoms with van der Waals surface area (Å²) in [6.07, 6.45) is 1.44. The van der Waals surface area contributed by atoms with Crippen molar-refractivity contribution in [2.75, 3.05) is 5.73 Å². The summed E-state index contributed by atoms with van der Waals surface area (Å²) >= 11 is 0. The van der Waals surface area contributed by atoms with Crippen molar-refractivity contribution in [2.45, 2.75) is 6.92 Å². The van der Waals surface area contributed by atoms with Crippen molar-refractivity contribution in [3.63, 3.8) is 0 Å². The number of nitrogens with zero attached hydrogens (tertiary/aromatic N) is 4. The van der Waals surface area contributed by atoms with Crippen LogP contribution in [0.1, 0.15) is 5.69 Å². The SMILES string of the molecule is Cc1nn(-c2ccccc2)c(=O)c2cnc(N)nc12. The molecular formula is C13H11N5O. The van der Waals surface area contributed by atoms with E-state index in [0.717, 1.165) is 0 Å². The van der Waals surface area contributed by atoms with Crippen molar-refractivity contribution < 1.29 is 0 Å². The van der Waals surface area contributed by atoms with Gasteiger partial charge < -0.3 is 5.73 Å². The van der Waals surface area contributed by atoms with E-state index in [4.69, 9.17) is 5.73 Å². The normalized spacial score (nSPS) is 10.8. The Bertz CT molecular complexity index is 810. The lowest BCUT2D eigenvalue weighted by Gasteiger charge is -2.07. The van der Waals surface area contributed by atoms with Gasteiger partial charge >= 0.3 is 0 Å². The van der Waals surface area contributed by atoms with Crippen molar-refractivity contribution in [2.24, 2.45) is 0 Å². The summed E-state index contributed by atoms with van der Waals surface area (Å²) in [6, 6.07) is 9.22. The van der Waals surface area contributed by atoms with Gasteiger partial charge in [0.05, 0.1) is 16.8 Å². The zero-order valence-corrected chi connectivity index (χ0v) is 10.2. The highest BCUT2D eigenvalue weighted by Crippen LogP contribution is 2.12. The number of aryl methyl sites for hydroxylation is 1. The Morgan fingerprint density at radius 2 is 1.95 bits per heavy atom.